The molecule has 0 atom stereocenters. The average molecular weight is 237 g/mol. The van der Waals surface area contributed by atoms with Gasteiger partial charge in [-0.15, -0.1) is 0 Å². The molecule has 0 aliphatic carbocycles. The average Bonchev–Trinajstić information content (AvgIpc) is 2.29. The number of carbonyl (C=O) groups excluding carboxylic acids is 1. The summed E-state index contributed by atoms with van der Waals surface area (Å²) < 4.78 is 5.34. The molecule has 17 heavy (non-hydrogen) atoms. The molecule has 0 radical (unpaired) electrons. The highest BCUT2D eigenvalue weighted by Crippen LogP contribution is 2.17. The molecule has 1 rings (SSSR count). The Morgan fingerprint density at radius 3 is 2.59 bits per heavy atom. The molecule has 0 aliphatic heterocycles. The normalized spacial score (nSPS) is 9.76. The van der Waals surface area contributed by atoms with Crippen LogP contribution in [0.3, 0.4) is 0 Å². The fraction of sp³-hybridized carbons (Fsp3) is 0.333. The lowest BCUT2D eigenvalue weighted by atomic mass is 10.2. The number of carboxylic acids is 1. The maximum absolute atomic E-state index is 10.9. The van der Waals surface area contributed by atoms with E-state index in [0.717, 1.165) is 0 Å². The van der Waals surface area contributed by atoms with Crippen LogP contribution in [0.1, 0.15) is 17.3 Å². The topological polar surface area (TPSA) is 66.8 Å². The summed E-state index contributed by atoms with van der Waals surface area (Å²) in [6.07, 6.45) is 0. The molecule has 0 aromatic heterocycles. The van der Waals surface area contributed by atoms with Crippen LogP contribution < -0.4 is 4.74 Å². The summed E-state index contributed by atoms with van der Waals surface area (Å²) in [4.78, 5) is 23.3. The molecule has 1 aromatic carbocycles. The Morgan fingerprint density at radius 1 is 1.35 bits per heavy atom. The zero-order chi connectivity index (χ0) is 12.8. The van der Waals surface area contributed by atoms with E-state index in [9.17, 15) is 9.59 Å². The van der Waals surface area contributed by atoms with Gasteiger partial charge >= 0.3 is 5.97 Å². The molecule has 0 aliphatic rings. The van der Waals surface area contributed by atoms with Gasteiger partial charge in [-0.25, -0.2) is 4.79 Å². The number of nitrogens with zero attached hydrogens (tertiary/aromatic N) is 1. The van der Waals surface area contributed by atoms with E-state index in [0.29, 0.717) is 12.3 Å². The third-order valence-electron chi connectivity index (χ3n) is 2.34. The number of ether oxygens (including phenoxy) is 1. The van der Waals surface area contributed by atoms with E-state index in [2.05, 4.69) is 0 Å². The van der Waals surface area contributed by atoms with Crippen molar-refractivity contribution < 1.29 is 19.4 Å². The van der Waals surface area contributed by atoms with Gasteiger partial charge in [-0.2, -0.15) is 0 Å². The van der Waals surface area contributed by atoms with E-state index in [1.54, 1.807) is 25.2 Å². The fourth-order valence-corrected chi connectivity index (χ4v) is 1.22. The molecule has 92 valence electrons. The van der Waals surface area contributed by atoms with Crippen LogP contribution >= 0.6 is 0 Å². The first-order chi connectivity index (χ1) is 8.02. The van der Waals surface area contributed by atoms with Crippen molar-refractivity contribution in [3.05, 3.63) is 29.8 Å². The Bertz CT molecular complexity index is 417. The Kier molecular flexibility index (Phi) is 4.51. The third kappa shape index (κ3) is 3.79. The van der Waals surface area contributed by atoms with Crippen molar-refractivity contribution >= 4 is 11.9 Å². The van der Waals surface area contributed by atoms with Crippen LogP contribution in [0.4, 0.5) is 0 Å². The summed E-state index contributed by atoms with van der Waals surface area (Å²) in [6.45, 7) is 2.15. The number of para-hydroxylation sites is 1. The molecule has 0 unspecified atom stereocenters. The summed E-state index contributed by atoms with van der Waals surface area (Å²) >= 11 is 0. The summed E-state index contributed by atoms with van der Waals surface area (Å²) in [5, 5.41) is 8.92. The number of hydrogen-bond donors (Lipinski definition) is 1. The molecule has 1 aromatic rings. The molecule has 0 bridgehead atoms. The SMILES string of the molecule is CC(=O)N(C)CCOc1ccccc1C(=O)O. The molecular weight excluding hydrogens is 222 g/mol. The molecule has 0 saturated carbocycles. The highest BCUT2D eigenvalue weighted by molar-refractivity contribution is 5.90. The zero-order valence-corrected chi connectivity index (χ0v) is 9.84. The second-order valence-corrected chi connectivity index (χ2v) is 3.59. The van der Waals surface area contributed by atoms with Crippen molar-refractivity contribution in [2.24, 2.45) is 0 Å². The predicted molar refractivity (Wildman–Crippen MR) is 62.2 cm³/mol. The van der Waals surface area contributed by atoms with Gasteiger partial charge in [-0.3, -0.25) is 4.79 Å². The van der Waals surface area contributed by atoms with Crippen LogP contribution in [-0.2, 0) is 4.79 Å². The van der Waals surface area contributed by atoms with Crippen LogP contribution in [-0.4, -0.2) is 42.1 Å². The lowest BCUT2D eigenvalue weighted by molar-refractivity contribution is -0.127. The molecule has 1 amide bonds. The number of carbonyl (C=O) groups is 2. The van der Waals surface area contributed by atoms with Gasteiger partial charge in [0.15, 0.2) is 0 Å². The molecule has 0 saturated heterocycles. The Labute approximate surface area is 99.6 Å². The van der Waals surface area contributed by atoms with Crippen molar-refractivity contribution in [3.8, 4) is 5.75 Å². The fourth-order valence-electron chi connectivity index (χ4n) is 1.22. The van der Waals surface area contributed by atoms with Crippen molar-refractivity contribution in [2.45, 2.75) is 6.92 Å². The summed E-state index contributed by atoms with van der Waals surface area (Å²) in [6, 6.07) is 6.41. The smallest absolute Gasteiger partial charge is 0.339 e. The Hall–Kier alpha value is -2.04. The minimum absolute atomic E-state index is 0.0554. The zero-order valence-electron chi connectivity index (χ0n) is 9.84. The standard InChI is InChI=1S/C12H15NO4/c1-9(14)13(2)7-8-17-11-6-4-3-5-10(11)12(15)16/h3-6H,7-8H2,1-2H3,(H,15,16). The van der Waals surface area contributed by atoms with Gasteiger partial charge in [-0.05, 0) is 12.1 Å². The van der Waals surface area contributed by atoms with Gasteiger partial charge in [0.2, 0.25) is 5.91 Å². The quantitative estimate of drug-likeness (QED) is 0.836. The molecule has 5 nitrogen and oxygen atoms in total. The summed E-state index contributed by atoms with van der Waals surface area (Å²) in [7, 11) is 1.66. The van der Waals surface area contributed by atoms with Crippen LogP contribution in [0, 0.1) is 0 Å². The first-order valence-electron chi connectivity index (χ1n) is 5.19. The van der Waals surface area contributed by atoms with Crippen molar-refractivity contribution in [2.75, 3.05) is 20.2 Å². The number of likely N-dealkylation sites (N-methyl/N-ethyl adjacent to an activating group) is 1. The first-order valence-corrected chi connectivity index (χ1v) is 5.19. The largest absolute Gasteiger partial charge is 0.491 e. The molecule has 1 N–H and O–H groups in total. The highest BCUT2D eigenvalue weighted by Gasteiger charge is 2.10. The monoisotopic (exact) mass is 237 g/mol. The second-order valence-electron chi connectivity index (χ2n) is 3.59. The highest BCUT2D eigenvalue weighted by atomic mass is 16.5. The van der Waals surface area contributed by atoms with Crippen molar-refractivity contribution in [3.63, 3.8) is 0 Å². The maximum Gasteiger partial charge on any atom is 0.339 e. The minimum atomic E-state index is -1.03. The van der Waals surface area contributed by atoms with E-state index < -0.39 is 5.97 Å². The molecule has 0 heterocycles. The summed E-state index contributed by atoms with van der Waals surface area (Å²) in [5.74, 6) is -0.766. The van der Waals surface area contributed by atoms with Crippen LogP contribution in [0.5, 0.6) is 5.75 Å². The van der Waals surface area contributed by atoms with Crippen molar-refractivity contribution in [1.29, 1.82) is 0 Å². The van der Waals surface area contributed by atoms with Crippen LogP contribution in [0.25, 0.3) is 0 Å². The first kappa shape index (κ1) is 13.0. The number of hydrogen-bond acceptors (Lipinski definition) is 3. The molecule has 5 heteroatoms. The van der Waals surface area contributed by atoms with Crippen LogP contribution in [0.15, 0.2) is 24.3 Å². The minimum Gasteiger partial charge on any atom is -0.491 e. The van der Waals surface area contributed by atoms with E-state index >= 15 is 0 Å². The molecule has 0 fully saturated rings. The Balaban J connectivity index is 2.58. The lowest BCUT2D eigenvalue weighted by Gasteiger charge is -2.15. The van der Waals surface area contributed by atoms with Gasteiger partial charge in [0.25, 0.3) is 0 Å². The van der Waals surface area contributed by atoms with Crippen molar-refractivity contribution in [1.82, 2.24) is 4.90 Å². The lowest BCUT2D eigenvalue weighted by Crippen LogP contribution is -2.28. The third-order valence-corrected chi connectivity index (χ3v) is 2.34. The van der Waals surface area contributed by atoms with Gasteiger partial charge in [0.05, 0.1) is 6.54 Å². The maximum atomic E-state index is 10.9. The number of aromatic carboxylic acids is 1. The van der Waals surface area contributed by atoms with Gasteiger partial charge in [-0.1, -0.05) is 12.1 Å². The van der Waals surface area contributed by atoms with Gasteiger partial charge in [0.1, 0.15) is 17.9 Å². The predicted octanol–water partition coefficient (Wildman–Crippen LogP) is 1.24. The van der Waals surface area contributed by atoms with E-state index in [1.807, 2.05) is 0 Å². The molecular formula is C12H15NO4. The second kappa shape index (κ2) is 5.89. The molecule has 0 spiro atoms. The van der Waals surface area contributed by atoms with Crippen LogP contribution in [0.2, 0.25) is 0 Å². The van der Waals surface area contributed by atoms with E-state index in [-0.39, 0.29) is 18.1 Å². The number of carboxylic acid groups (broad SMARTS) is 1. The number of amides is 1. The number of benzene rings is 1. The van der Waals surface area contributed by atoms with Gasteiger partial charge < -0.3 is 14.7 Å². The number of rotatable bonds is 5. The van der Waals surface area contributed by atoms with E-state index in [4.69, 9.17) is 9.84 Å². The Morgan fingerprint density at radius 2 is 2.00 bits per heavy atom. The summed E-state index contributed by atoms with van der Waals surface area (Å²) in [5.41, 5.74) is 0.123. The van der Waals surface area contributed by atoms with Gasteiger partial charge in [0, 0.05) is 14.0 Å². The van der Waals surface area contributed by atoms with E-state index in [1.165, 1.54) is 17.9 Å².